The molecule has 0 bridgehead atoms. The van der Waals surface area contributed by atoms with Gasteiger partial charge in [-0.1, -0.05) is 0 Å². The van der Waals surface area contributed by atoms with Crippen LogP contribution in [-0.2, 0) is 19.6 Å². The molecule has 1 fully saturated rings. The molecule has 4 rings (SSSR count). The summed E-state index contributed by atoms with van der Waals surface area (Å²) in [6.45, 7) is 0.759. The zero-order valence-corrected chi connectivity index (χ0v) is 19.6. The molecule has 0 saturated carbocycles. The first-order valence-electron chi connectivity index (χ1n) is 11.0. The van der Waals surface area contributed by atoms with Crippen molar-refractivity contribution in [1.29, 1.82) is 0 Å². The van der Waals surface area contributed by atoms with Gasteiger partial charge in [-0.3, -0.25) is 9.59 Å². The number of hydrogen-bond acceptors (Lipinski definition) is 7. The summed E-state index contributed by atoms with van der Waals surface area (Å²) in [6.07, 6.45) is 1.25. The minimum atomic E-state index is -3.71. The molecule has 1 saturated heterocycles. The largest absolute Gasteiger partial charge is 0.497 e. The average molecular weight is 490 g/mol. The van der Waals surface area contributed by atoms with E-state index in [0.29, 0.717) is 42.3 Å². The van der Waals surface area contributed by atoms with E-state index in [1.165, 1.54) is 23.5 Å². The number of carbonyl (C=O) groups is 2. The Kier molecular flexibility index (Phi) is 7.23. The van der Waals surface area contributed by atoms with Crippen molar-refractivity contribution in [3.05, 3.63) is 42.5 Å². The maximum absolute atomic E-state index is 13.0. The maximum atomic E-state index is 13.0. The monoisotopic (exact) mass is 489 g/mol. The number of nitrogens with one attached hydrogen (secondary N) is 2. The Bertz CT molecular complexity index is 1150. The number of anilines is 1. The van der Waals surface area contributed by atoms with Gasteiger partial charge in [0, 0.05) is 37.8 Å². The summed E-state index contributed by atoms with van der Waals surface area (Å²) in [7, 11) is -2.20. The van der Waals surface area contributed by atoms with E-state index in [4.69, 9.17) is 14.2 Å². The number of carbonyl (C=O) groups excluding carboxylic acids is 2. The molecule has 2 N–H and O–H groups in total. The first-order valence-corrected chi connectivity index (χ1v) is 12.4. The van der Waals surface area contributed by atoms with Crippen molar-refractivity contribution in [2.45, 2.75) is 24.2 Å². The molecule has 2 amide bonds. The Labute approximate surface area is 198 Å². The molecule has 11 heteroatoms. The van der Waals surface area contributed by atoms with Crippen molar-refractivity contribution in [2.24, 2.45) is 5.92 Å². The van der Waals surface area contributed by atoms with Crippen LogP contribution >= 0.6 is 0 Å². The summed E-state index contributed by atoms with van der Waals surface area (Å²) in [5.41, 5.74) is 0.576. The van der Waals surface area contributed by atoms with Crippen molar-refractivity contribution < 1.29 is 32.2 Å². The van der Waals surface area contributed by atoms with Crippen molar-refractivity contribution in [3.63, 3.8) is 0 Å². The van der Waals surface area contributed by atoms with Crippen LogP contribution in [0.3, 0.4) is 0 Å². The van der Waals surface area contributed by atoms with Gasteiger partial charge in [0.05, 0.1) is 17.9 Å². The van der Waals surface area contributed by atoms with Gasteiger partial charge in [0.15, 0.2) is 11.5 Å². The Hall–Kier alpha value is -3.31. The third-order valence-electron chi connectivity index (χ3n) is 5.76. The second-order valence-electron chi connectivity index (χ2n) is 8.03. The van der Waals surface area contributed by atoms with Crippen molar-refractivity contribution >= 4 is 27.5 Å². The standard InChI is InChI=1S/C23H27N3O7S/c1-31-18-5-7-19(8-6-18)34(29,30)26-12-2-3-16(14-26)23(28)24-11-10-22(27)25-17-4-9-20-21(13-17)33-15-32-20/h4-9,13,16H,2-3,10-12,14-15H2,1H3,(H,24,28)(H,25,27)/t16-/m0/s1. The van der Waals surface area contributed by atoms with E-state index < -0.39 is 15.9 Å². The number of methoxy groups -OCH3 is 1. The Morgan fingerprint density at radius 1 is 1.12 bits per heavy atom. The molecular weight excluding hydrogens is 462 g/mol. The number of hydrogen-bond donors (Lipinski definition) is 2. The number of benzene rings is 2. The van der Waals surface area contributed by atoms with Crippen molar-refractivity contribution in [1.82, 2.24) is 9.62 Å². The third kappa shape index (κ3) is 5.42. The number of ether oxygens (including phenoxy) is 3. The lowest BCUT2D eigenvalue weighted by atomic mass is 9.99. The van der Waals surface area contributed by atoms with Gasteiger partial charge in [-0.05, 0) is 49.2 Å². The molecule has 2 aromatic rings. The lowest BCUT2D eigenvalue weighted by Crippen LogP contribution is -2.45. The van der Waals surface area contributed by atoms with Crippen LogP contribution in [0.25, 0.3) is 0 Å². The molecule has 10 nitrogen and oxygen atoms in total. The Balaban J connectivity index is 1.26. The fraction of sp³-hybridized carbons (Fsp3) is 0.391. The second-order valence-corrected chi connectivity index (χ2v) is 9.97. The van der Waals surface area contributed by atoms with Crippen LogP contribution in [-0.4, -0.2) is 58.1 Å². The van der Waals surface area contributed by atoms with E-state index in [0.717, 1.165) is 0 Å². The van der Waals surface area contributed by atoms with E-state index in [2.05, 4.69) is 10.6 Å². The van der Waals surface area contributed by atoms with Gasteiger partial charge in [0.25, 0.3) is 0 Å². The summed E-state index contributed by atoms with van der Waals surface area (Å²) in [5.74, 6) is 0.770. The number of rotatable bonds is 8. The molecule has 2 aliphatic heterocycles. The smallest absolute Gasteiger partial charge is 0.243 e. The summed E-state index contributed by atoms with van der Waals surface area (Å²) < 4.78 is 42.9. The predicted octanol–water partition coefficient (Wildman–Crippen LogP) is 1.97. The highest BCUT2D eigenvalue weighted by atomic mass is 32.2. The van der Waals surface area contributed by atoms with Crippen LogP contribution in [0.15, 0.2) is 47.4 Å². The van der Waals surface area contributed by atoms with Gasteiger partial charge in [-0.2, -0.15) is 4.31 Å². The molecular formula is C23H27N3O7S. The molecule has 34 heavy (non-hydrogen) atoms. The lowest BCUT2D eigenvalue weighted by Gasteiger charge is -2.31. The number of fused-ring (bicyclic) bond motifs is 1. The summed E-state index contributed by atoms with van der Waals surface area (Å²) in [6, 6.07) is 11.3. The topological polar surface area (TPSA) is 123 Å². The Morgan fingerprint density at radius 3 is 2.65 bits per heavy atom. The van der Waals surface area contributed by atoms with Crippen LogP contribution in [0, 0.1) is 5.92 Å². The van der Waals surface area contributed by atoms with Gasteiger partial charge in [0.2, 0.25) is 28.6 Å². The molecule has 2 aliphatic rings. The predicted molar refractivity (Wildman–Crippen MR) is 123 cm³/mol. The number of piperidine rings is 1. The summed E-state index contributed by atoms with van der Waals surface area (Å²) >= 11 is 0. The molecule has 2 heterocycles. The molecule has 1 atom stereocenters. The van der Waals surface area contributed by atoms with E-state index >= 15 is 0 Å². The van der Waals surface area contributed by atoms with Crippen LogP contribution in [0.1, 0.15) is 19.3 Å². The minimum absolute atomic E-state index is 0.0841. The van der Waals surface area contributed by atoms with Crippen LogP contribution in [0.2, 0.25) is 0 Å². The zero-order chi connectivity index (χ0) is 24.1. The van der Waals surface area contributed by atoms with E-state index in [1.807, 2.05) is 0 Å². The molecule has 2 aromatic carbocycles. The van der Waals surface area contributed by atoms with Gasteiger partial charge in [-0.15, -0.1) is 0 Å². The zero-order valence-electron chi connectivity index (χ0n) is 18.8. The van der Waals surface area contributed by atoms with Crippen LogP contribution in [0.4, 0.5) is 5.69 Å². The molecule has 0 aromatic heterocycles. The van der Waals surface area contributed by atoms with Gasteiger partial charge in [0.1, 0.15) is 5.75 Å². The van der Waals surface area contributed by atoms with E-state index in [1.54, 1.807) is 30.3 Å². The first-order chi connectivity index (χ1) is 16.4. The highest BCUT2D eigenvalue weighted by Crippen LogP contribution is 2.34. The molecule has 0 spiro atoms. The van der Waals surface area contributed by atoms with Gasteiger partial charge >= 0.3 is 0 Å². The quantitative estimate of drug-likeness (QED) is 0.581. The van der Waals surface area contributed by atoms with Crippen LogP contribution in [0.5, 0.6) is 17.2 Å². The fourth-order valence-corrected chi connectivity index (χ4v) is 5.44. The molecule has 0 unspecified atom stereocenters. The minimum Gasteiger partial charge on any atom is -0.497 e. The second kappa shape index (κ2) is 10.3. The molecule has 182 valence electrons. The van der Waals surface area contributed by atoms with E-state index in [9.17, 15) is 18.0 Å². The van der Waals surface area contributed by atoms with Gasteiger partial charge < -0.3 is 24.8 Å². The van der Waals surface area contributed by atoms with E-state index in [-0.39, 0.29) is 43.0 Å². The number of nitrogens with zero attached hydrogens (tertiary/aromatic N) is 1. The highest BCUT2D eigenvalue weighted by molar-refractivity contribution is 7.89. The highest BCUT2D eigenvalue weighted by Gasteiger charge is 2.33. The first kappa shape index (κ1) is 23.8. The number of amides is 2. The lowest BCUT2D eigenvalue weighted by molar-refractivity contribution is -0.126. The van der Waals surface area contributed by atoms with Crippen molar-refractivity contribution in [2.75, 3.05) is 38.9 Å². The number of sulfonamides is 1. The third-order valence-corrected chi connectivity index (χ3v) is 7.64. The van der Waals surface area contributed by atoms with Gasteiger partial charge in [-0.25, -0.2) is 8.42 Å². The summed E-state index contributed by atoms with van der Waals surface area (Å²) in [4.78, 5) is 25.0. The maximum Gasteiger partial charge on any atom is 0.243 e. The fourth-order valence-electron chi connectivity index (χ4n) is 3.91. The average Bonchev–Trinajstić information content (AvgIpc) is 3.32. The molecule has 0 radical (unpaired) electrons. The molecule has 0 aliphatic carbocycles. The van der Waals surface area contributed by atoms with Crippen molar-refractivity contribution in [3.8, 4) is 17.2 Å². The Morgan fingerprint density at radius 2 is 1.88 bits per heavy atom. The SMILES string of the molecule is COc1ccc(S(=O)(=O)N2CCC[C@H](C(=O)NCCC(=O)Nc3ccc4c(c3)OCO4)C2)cc1. The van der Waals surface area contributed by atoms with Crippen LogP contribution < -0.4 is 24.8 Å². The summed E-state index contributed by atoms with van der Waals surface area (Å²) in [5, 5.41) is 5.51. The normalized spacial score (nSPS) is 17.7.